The van der Waals surface area contributed by atoms with Crippen LogP contribution in [-0.4, -0.2) is 25.0 Å². The molecule has 3 nitrogen and oxygen atoms in total. The van der Waals surface area contributed by atoms with Crippen molar-refractivity contribution in [2.75, 3.05) is 13.1 Å². The van der Waals surface area contributed by atoms with Gasteiger partial charge in [-0.25, -0.2) is 0 Å². The van der Waals surface area contributed by atoms with Crippen LogP contribution in [0.2, 0.25) is 0 Å². The molecule has 1 atom stereocenters. The molecule has 1 aliphatic heterocycles. The van der Waals surface area contributed by atoms with Gasteiger partial charge in [-0.1, -0.05) is 32.1 Å². The van der Waals surface area contributed by atoms with Gasteiger partial charge in [-0.3, -0.25) is 4.79 Å². The molecule has 2 rings (SSSR count). The first-order valence-electron chi connectivity index (χ1n) is 6.87. The Hall–Kier alpha value is -0.280. The number of carbonyl (C=O) groups is 1. The van der Waals surface area contributed by atoms with Crippen LogP contribution in [0.3, 0.4) is 0 Å². The van der Waals surface area contributed by atoms with Crippen molar-refractivity contribution in [1.82, 2.24) is 10.6 Å². The summed E-state index contributed by atoms with van der Waals surface area (Å²) in [6, 6.07) is 0.0809. The van der Waals surface area contributed by atoms with E-state index in [4.69, 9.17) is 0 Å². The van der Waals surface area contributed by atoms with Crippen LogP contribution in [0, 0.1) is 5.92 Å². The van der Waals surface area contributed by atoms with E-state index in [9.17, 15) is 4.79 Å². The Morgan fingerprint density at radius 2 is 1.82 bits per heavy atom. The van der Waals surface area contributed by atoms with Crippen LogP contribution in [0.4, 0.5) is 0 Å². The average Bonchev–Trinajstić information content (AvgIpc) is 2.83. The molecule has 1 amide bonds. The molecule has 0 radical (unpaired) electrons. The van der Waals surface area contributed by atoms with Crippen LogP contribution in [0.25, 0.3) is 0 Å². The zero-order valence-corrected chi connectivity index (χ0v) is 11.4. The SMILES string of the molecule is Cl.O=C(NCCC1CCCC1)[C@H]1CCCCN1. The van der Waals surface area contributed by atoms with Crippen molar-refractivity contribution in [1.29, 1.82) is 0 Å². The van der Waals surface area contributed by atoms with Crippen molar-refractivity contribution >= 4 is 18.3 Å². The van der Waals surface area contributed by atoms with E-state index in [0.717, 1.165) is 25.4 Å². The summed E-state index contributed by atoms with van der Waals surface area (Å²) in [5.74, 6) is 1.09. The molecule has 0 bridgehead atoms. The maximum absolute atomic E-state index is 11.8. The van der Waals surface area contributed by atoms with E-state index in [0.29, 0.717) is 0 Å². The fourth-order valence-corrected chi connectivity index (χ4v) is 2.90. The van der Waals surface area contributed by atoms with Gasteiger partial charge in [0.1, 0.15) is 0 Å². The van der Waals surface area contributed by atoms with Gasteiger partial charge in [-0.2, -0.15) is 0 Å². The molecule has 2 N–H and O–H groups in total. The second-order valence-electron chi connectivity index (χ2n) is 5.23. The summed E-state index contributed by atoms with van der Waals surface area (Å²) in [4.78, 5) is 11.8. The van der Waals surface area contributed by atoms with Crippen molar-refractivity contribution in [2.24, 2.45) is 5.92 Å². The quantitative estimate of drug-likeness (QED) is 0.814. The first-order valence-corrected chi connectivity index (χ1v) is 6.87. The third-order valence-corrected chi connectivity index (χ3v) is 3.95. The molecule has 1 aliphatic carbocycles. The predicted octanol–water partition coefficient (Wildman–Crippen LogP) is 2.25. The Bertz CT molecular complexity index is 223. The molecule has 1 saturated carbocycles. The number of rotatable bonds is 4. The Kier molecular flexibility index (Phi) is 6.90. The van der Waals surface area contributed by atoms with Gasteiger partial charge < -0.3 is 10.6 Å². The van der Waals surface area contributed by atoms with Crippen LogP contribution >= 0.6 is 12.4 Å². The van der Waals surface area contributed by atoms with E-state index in [1.807, 2.05) is 0 Å². The maximum Gasteiger partial charge on any atom is 0.237 e. The van der Waals surface area contributed by atoms with Gasteiger partial charge in [0.05, 0.1) is 6.04 Å². The van der Waals surface area contributed by atoms with E-state index >= 15 is 0 Å². The van der Waals surface area contributed by atoms with Crippen molar-refractivity contribution in [3.8, 4) is 0 Å². The molecular weight excluding hydrogens is 236 g/mol. The number of piperidine rings is 1. The number of amides is 1. The van der Waals surface area contributed by atoms with Crippen LogP contribution in [-0.2, 0) is 4.79 Å². The Morgan fingerprint density at radius 1 is 1.12 bits per heavy atom. The van der Waals surface area contributed by atoms with Crippen molar-refractivity contribution < 1.29 is 4.79 Å². The van der Waals surface area contributed by atoms with E-state index < -0.39 is 0 Å². The predicted molar refractivity (Wildman–Crippen MR) is 72.5 cm³/mol. The highest BCUT2D eigenvalue weighted by molar-refractivity contribution is 5.85. The number of halogens is 1. The van der Waals surface area contributed by atoms with Gasteiger partial charge in [0, 0.05) is 6.54 Å². The lowest BCUT2D eigenvalue weighted by molar-refractivity contribution is -0.123. The molecular formula is C13H25ClN2O. The zero-order valence-electron chi connectivity index (χ0n) is 10.5. The number of hydrogen-bond acceptors (Lipinski definition) is 2. The van der Waals surface area contributed by atoms with Crippen molar-refractivity contribution in [3.63, 3.8) is 0 Å². The fourth-order valence-electron chi connectivity index (χ4n) is 2.90. The number of hydrogen-bond donors (Lipinski definition) is 2. The second-order valence-corrected chi connectivity index (χ2v) is 5.23. The van der Waals surface area contributed by atoms with Crippen molar-refractivity contribution in [2.45, 2.75) is 57.4 Å². The normalized spacial score (nSPS) is 25.3. The highest BCUT2D eigenvalue weighted by atomic mass is 35.5. The Morgan fingerprint density at radius 3 is 2.47 bits per heavy atom. The topological polar surface area (TPSA) is 41.1 Å². The molecule has 2 aliphatic rings. The summed E-state index contributed by atoms with van der Waals surface area (Å²) < 4.78 is 0. The summed E-state index contributed by atoms with van der Waals surface area (Å²) >= 11 is 0. The van der Waals surface area contributed by atoms with Crippen LogP contribution in [0.5, 0.6) is 0 Å². The molecule has 0 spiro atoms. The maximum atomic E-state index is 11.8. The lowest BCUT2D eigenvalue weighted by atomic mass is 10.0. The number of nitrogens with one attached hydrogen (secondary N) is 2. The van der Waals surface area contributed by atoms with Gasteiger partial charge in [-0.05, 0) is 31.7 Å². The summed E-state index contributed by atoms with van der Waals surface area (Å²) in [5, 5.41) is 6.36. The van der Waals surface area contributed by atoms with Gasteiger partial charge >= 0.3 is 0 Å². The van der Waals surface area contributed by atoms with Gasteiger partial charge in [0.2, 0.25) is 5.91 Å². The molecule has 1 heterocycles. The third kappa shape index (κ3) is 4.84. The largest absolute Gasteiger partial charge is 0.355 e. The molecule has 1 saturated heterocycles. The van der Waals surface area contributed by atoms with Crippen LogP contribution in [0.1, 0.15) is 51.4 Å². The Labute approximate surface area is 111 Å². The van der Waals surface area contributed by atoms with E-state index in [1.54, 1.807) is 0 Å². The standard InChI is InChI=1S/C13H24N2O.ClH/c16-13(12-7-3-4-9-14-12)15-10-8-11-5-1-2-6-11;/h11-12,14H,1-10H2,(H,15,16);1H/t12-;/m1./s1. The first-order chi connectivity index (χ1) is 7.86. The van der Waals surface area contributed by atoms with Crippen molar-refractivity contribution in [3.05, 3.63) is 0 Å². The minimum Gasteiger partial charge on any atom is -0.355 e. The van der Waals surface area contributed by atoms with Crippen LogP contribution < -0.4 is 10.6 Å². The van der Waals surface area contributed by atoms with Crippen LogP contribution in [0.15, 0.2) is 0 Å². The lowest BCUT2D eigenvalue weighted by Gasteiger charge is -2.22. The van der Waals surface area contributed by atoms with Gasteiger partial charge in [0.15, 0.2) is 0 Å². The average molecular weight is 261 g/mol. The Balaban J connectivity index is 0.00000144. The summed E-state index contributed by atoms with van der Waals surface area (Å²) in [6.07, 6.45) is 10.1. The van der Waals surface area contributed by atoms with E-state index in [-0.39, 0.29) is 24.4 Å². The first kappa shape index (κ1) is 14.8. The van der Waals surface area contributed by atoms with Gasteiger partial charge in [0.25, 0.3) is 0 Å². The zero-order chi connectivity index (χ0) is 11.2. The highest BCUT2D eigenvalue weighted by Crippen LogP contribution is 2.26. The molecule has 0 aromatic rings. The highest BCUT2D eigenvalue weighted by Gasteiger charge is 2.20. The fraction of sp³-hybridized carbons (Fsp3) is 0.923. The second kappa shape index (κ2) is 7.93. The monoisotopic (exact) mass is 260 g/mol. The molecule has 17 heavy (non-hydrogen) atoms. The van der Waals surface area contributed by atoms with E-state index in [2.05, 4.69) is 10.6 Å². The summed E-state index contributed by atoms with van der Waals surface area (Å²) in [5.41, 5.74) is 0. The molecule has 0 unspecified atom stereocenters. The van der Waals surface area contributed by atoms with E-state index in [1.165, 1.54) is 44.9 Å². The molecule has 4 heteroatoms. The molecule has 100 valence electrons. The molecule has 0 aromatic heterocycles. The third-order valence-electron chi connectivity index (χ3n) is 3.95. The minimum absolute atomic E-state index is 0. The minimum atomic E-state index is 0. The summed E-state index contributed by atoms with van der Waals surface area (Å²) in [6.45, 7) is 1.88. The molecule has 0 aromatic carbocycles. The summed E-state index contributed by atoms with van der Waals surface area (Å²) in [7, 11) is 0. The number of carbonyl (C=O) groups excluding carboxylic acids is 1. The smallest absolute Gasteiger partial charge is 0.237 e. The lowest BCUT2D eigenvalue weighted by Crippen LogP contribution is -2.46. The molecule has 2 fully saturated rings. The van der Waals surface area contributed by atoms with Gasteiger partial charge in [-0.15, -0.1) is 12.4 Å².